The highest BCUT2D eigenvalue weighted by Gasteiger charge is 2.18. The zero-order chi connectivity index (χ0) is 14.8. The molecule has 0 saturated heterocycles. The summed E-state index contributed by atoms with van der Waals surface area (Å²) in [7, 11) is 0. The van der Waals surface area contributed by atoms with E-state index < -0.39 is 0 Å². The van der Waals surface area contributed by atoms with E-state index in [9.17, 15) is 0 Å². The highest BCUT2D eigenvalue weighted by molar-refractivity contribution is 7.99. The van der Waals surface area contributed by atoms with Crippen LogP contribution in [0.25, 0.3) is 5.69 Å². The van der Waals surface area contributed by atoms with E-state index in [1.54, 1.807) is 4.68 Å². The number of aryl methyl sites for hydroxylation is 1. The molecule has 0 fully saturated rings. The Labute approximate surface area is 131 Å². The van der Waals surface area contributed by atoms with Crippen molar-refractivity contribution < 1.29 is 0 Å². The lowest BCUT2D eigenvalue weighted by molar-refractivity contribution is 0.590. The smallest absolute Gasteiger partial charge is 0.221 e. The molecule has 1 aliphatic rings. The number of rotatable bonds is 3. The summed E-state index contributed by atoms with van der Waals surface area (Å²) < 4.78 is 3.92. The summed E-state index contributed by atoms with van der Waals surface area (Å²) in [6, 6.07) is 9.86. The molecular formula is C14H15N7S. The Balaban J connectivity index is 1.66. The number of nitrogens with zero attached hydrogens (tertiary/aromatic N) is 7. The van der Waals surface area contributed by atoms with Gasteiger partial charge in [-0.3, -0.25) is 0 Å². The molecule has 0 aliphatic carbocycles. The van der Waals surface area contributed by atoms with Crippen LogP contribution in [0.15, 0.2) is 40.6 Å². The van der Waals surface area contributed by atoms with Gasteiger partial charge in [0, 0.05) is 13.0 Å². The zero-order valence-corrected chi connectivity index (χ0v) is 12.8. The minimum atomic E-state index is 0.700. The first kappa shape index (κ1) is 13.4. The first-order valence-electron chi connectivity index (χ1n) is 7.35. The van der Waals surface area contributed by atoms with Crippen LogP contribution in [-0.2, 0) is 13.0 Å². The molecule has 1 aliphatic heterocycles. The number of hydrogen-bond acceptors (Lipinski definition) is 6. The molecule has 0 atom stereocenters. The van der Waals surface area contributed by atoms with Crippen LogP contribution in [0.5, 0.6) is 0 Å². The van der Waals surface area contributed by atoms with Crippen LogP contribution in [-0.4, -0.2) is 35.0 Å². The molecule has 0 N–H and O–H groups in total. The second kappa shape index (κ2) is 5.88. The predicted molar refractivity (Wildman–Crippen MR) is 80.9 cm³/mol. The van der Waals surface area contributed by atoms with Crippen molar-refractivity contribution in [2.45, 2.75) is 42.5 Å². The second-order valence-electron chi connectivity index (χ2n) is 5.17. The van der Waals surface area contributed by atoms with Crippen LogP contribution in [0.2, 0.25) is 0 Å². The van der Waals surface area contributed by atoms with Crippen LogP contribution >= 0.6 is 11.8 Å². The average Bonchev–Trinajstić information content (AvgIpc) is 3.10. The molecule has 112 valence electrons. The number of hydrogen-bond donors (Lipinski definition) is 0. The molecule has 0 saturated carbocycles. The van der Waals surface area contributed by atoms with E-state index in [4.69, 9.17) is 0 Å². The molecule has 1 aromatic carbocycles. The molecule has 8 heteroatoms. The summed E-state index contributed by atoms with van der Waals surface area (Å²) in [5.74, 6) is 1.07. The first-order chi connectivity index (χ1) is 10.9. The number of para-hydroxylation sites is 1. The lowest BCUT2D eigenvalue weighted by Gasteiger charge is -2.06. The Morgan fingerprint density at radius 1 is 0.909 bits per heavy atom. The van der Waals surface area contributed by atoms with Gasteiger partial charge in [0.05, 0.1) is 5.69 Å². The Kier molecular flexibility index (Phi) is 3.59. The van der Waals surface area contributed by atoms with Crippen molar-refractivity contribution in [3.8, 4) is 5.69 Å². The van der Waals surface area contributed by atoms with Crippen LogP contribution in [0.1, 0.15) is 25.1 Å². The van der Waals surface area contributed by atoms with Crippen molar-refractivity contribution in [3.63, 3.8) is 0 Å². The highest BCUT2D eigenvalue weighted by atomic mass is 32.2. The van der Waals surface area contributed by atoms with Crippen molar-refractivity contribution in [2.24, 2.45) is 0 Å². The topological polar surface area (TPSA) is 74.3 Å². The number of tetrazole rings is 1. The third-order valence-corrected chi connectivity index (χ3v) is 4.62. The second-order valence-corrected chi connectivity index (χ2v) is 6.11. The van der Waals surface area contributed by atoms with Gasteiger partial charge >= 0.3 is 0 Å². The van der Waals surface area contributed by atoms with Crippen LogP contribution in [0.4, 0.5) is 0 Å². The maximum atomic E-state index is 4.32. The maximum absolute atomic E-state index is 4.32. The molecular weight excluding hydrogens is 298 g/mol. The third kappa shape index (κ3) is 2.50. The minimum absolute atomic E-state index is 0.700. The largest absolute Gasteiger partial charge is 0.306 e. The summed E-state index contributed by atoms with van der Waals surface area (Å²) in [4.78, 5) is 0. The van der Waals surface area contributed by atoms with Crippen LogP contribution < -0.4 is 0 Å². The van der Waals surface area contributed by atoms with E-state index in [0.717, 1.165) is 29.6 Å². The Morgan fingerprint density at radius 2 is 1.82 bits per heavy atom. The Bertz CT molecular complexity index is 765. The van der Waals surface area contributed by atoms with Gasteiger partial charge in [-0.1, -0.05) is 24.6 Å². The fourth-order valence-electron chi connectivity index (χ4n) is 2.59. The molecule has 22 heavy (non-hydrogen) atoms. The number of aromatic nitrogens is 7. The molecule has 3 aromatic rings. The number of fused-ring (bicyclic) bond motifs is 1. The van der Waals surface area contributed by atoms with Gasteiger partial charge in [-0.25, -0.2) is 0 Å². The maximum Gasteiger partial charge on any atom is 0.221 e. The fourth-order valence-corrected chi connectivity index (χ4v) is 3.45. The highest BCUT2D eigenvalue weighted by Crippen LogP contribution is 2.27. The monoisotopic (exact) mass is 313 g/mol. The molecule has 0 unspecified atom stereocenters. The third-order valence-electron chi connectivity index (χ3n) is 3.70. The summed E-state index contributed by atoms with van der Waals surface area (Å²) in [5.41, 5.74) is 0.936. The van der Waals surface area contributed by atoms with Crippen molar-refractivity contribution in [1.29, 1.82) is 0 Å². The lowest BCUT2D eigenvalue weighted by Crippen LogP contribution is -2.04. The van der Waals surface area contributed by atoms with E-state index >= 15 is 0 Å². The van der Waals surface area contributed by atoms with Gasteiger partial charge in [0.15, 0.2) is 5.16 Å². The molecule has 4 rings (SSSR count). The zero-order valence-electron chi connectivity index (χ0n) is 12.0. The van der Waals surface area contributed by atoms with Crippen LogP contribution in [0, 0.1) is 0 Å². The quantitative estimate of drug-likeness (QED) is 0.737. The van der Waals surface area contributed by atoms with E-state index in [-0.39, 0.29) is 0 Å². The standard InChI is InChI=1S/C14H15N7S/c1-3-7-11(8-4-1)21-14(17-18-19-21)22-13-16-15-12-9-5-2-6-10-20(12)13/h1,3-4,7-8H,2,5-6,9-10H2. The molecule has 7 nitrogen and oxygen atoms in total. The van der Waals surface area contributed by atoms with Gasteiger partial charge in [-0.2, -0.15) is 4.68 Å². The summed E-state index contributed by atoms with van der Waals surface area (Å²) >= 11 is 1.46. The van der Waals surface area contributed by atoms with Gasteiger partial charge in [-0.15, -0.1) is 15.3 Å². The Morgan fingerprint density at radius 3 is 2.73 bits per heavy atom. The van der Waals surface area contributed by atoms with Gasteiger partial charge < -0.3 is 4.57 Å². The van der Waals surface area contributed by atoms with E-state index in [1.807, 2.05) is 30.3 Å². The van der Waals surface area contributed by atoms with E-state index in [1.165, 1.54) is 31.0 Å². The molecule has 3 heterocycles. The van der Waals surface area contributed by atoms with Crippen molar-refractivity contribution in [3.05, 3.63) is 36.2 Å². The van der Waals surface area contributed by atoms with Gasteiger partial charge in [0.2, 0.25) is 5.16 Å². The summed E-state index contributed by atoms with van der Waals surface area (Å²) in [6.07, 6.45) is 4.60. The van der Waals surface area contributed by atoms with Crippen molar-refractivity contribution >= 4 is 11.8 Å². The number of benzene rings is 1. The summed E-state index contributed by atoms with van der Waals surface area (Å²) in [5, 5.41) is 22.2. The first-order valence-corrected chi connectivity index (χ1v) is 8.17. The summed E-state index contributed by atoms with van der Waals surface area (Å²) in [6.45, 7) is 0.970. The normalized spacial score (nSPS) is 14.5. The molecule has 0 spiro atoms. The molecule has 0 bridgehead atoms. The van der Waals surface area contributed by atoms with Crippen molar-refractivity contribution in [1.82, 2.24) is 35.0 Å². The minimum Gasteiger partial charge on any atom is -0.306 e. The average molecular weight is 313 g/mol. The van der Waals surface area contributed by atoms with Crippen molar-refractivity contribution in [2.75, 3.05) is 0 Å². The van der Waals surface area contributed by atoms with Gasteiger partial charge in [-0.05, 0) is 47.2 Å². The molecule has 0 radical (unpaired) electrons. The molecule has 0 amide bonds. The fraction of sp³-hybridized carbons (Fsp3) is 0.357. The van der Waals surface area contributed by atoms with E-state index in [2.05, 4.69) is 30.3 Å². The Hall–Kier alpha value is -2.22. The predicted octanol–water partition coefficient (Wildman–Crippen LogP) is 2.13. The van der Waals surface area contributed by atoms with Crippen LogP contribution in [0.3, 0.4) is 0 Å². The van der Waals surface area contributed by atoms with E-state index in [0.29, 0.717) is 5.16 Å². The lowest BCUT2D eigenvalue weighted by atomic mass is 10.2. The molecule has 2 aromatic heterocycles. The SMILES string of the molecule is c1ccc(-n2nnnc2Sc2nnc3n2CCCCC3)cc1. The van der Waals surface area contributed by atoms with Gasteiger partial charge in [0.1, 0.15) is 5.82 Å². The van der Waals surface area contributed by atoms with Gasteiger partial charge in [0.25, 0.3) is 0 Å².